The minimum atomic E-state index is -4.41. The fourth-order valence-corrected chi connectivity index (χ4v) is 4.73. The molecule has 0 saturated carbocycles. The van der Waals surface area contributed by atoms with E-state index in [1.54, 1.807) is 6.92 Å². The van der Waals surface area contributed by atoms with Gasteiger partial charge in [0, 0.05) is 24.4 Å². The third kappa shape index (κ3) is 8.52. The van der Waals surface area contributed by atoms with Gasteiger partial charge < -0.3 is 24.2 Å². The number of nitrogens with zero attached hydrogens (tertiary/aromatic N) is 1. The molecule has 1 heterocycles. The maximum atomic E-state index is 13.7. The lowest BCUT2D eigenvalue weighted by molar-refractivity contribution is -0.154. The largest absolute Gasteiger partial charge is 0.462 e. The van der Waals surface area contributed by atoms with E-state index in [4.69, 9.17) is 36.5 Å². The summed E-state index contributed by atoms with van der Waals surface area (Å²) in [6.45, 7) is 4.18. The molecule has 0 spiro atoms. The molecule has 39 heavy (non-hydrogen) atoms. The monoisotopic (exact) mass is 587 g/mol. The predicted octanol–water partition coefficient (Wildman–Crippen LogP) is 1.37. The zero-order valence-corrected chi connectivity index (χ0v) is 23.3. The number of halogens is 1. The van der Waals surface area contributed by atoms with Crippen molar-refractivity contribution in [2.45, 2.75) is 57.3 Å². The lowest BCUT2D eigenvalue weighted by atomic mass is 10.0. The lowest BCUT2D eigenvalue weighted by Crippen LogP contribution is -2.56. The van der Waals surface area contributed by atoms with Gasteiger partial charge in [0.25, 0.3) is 5.56 Å². The molecule has 6 atom stereocenters. The van der Waals surface area contributed by atoms with Crippen LogP contribution in [0.1, 0.15) is 27.2 Å². The number of esters is 1. The van der Waals surface area contributed by atoms with E-state index in [1.807, 2.05) is 17.8 Å². The summed E-state index contributed by atoms with van der Waals surface area (Å²) in [5, 5.41) is 24.7. The molecule has 15 heteroatoms. The molecule has 0 amide bonds. The molecular weight excluding hydrogens is 557 g/mol. The van der Waals surface area contributed by atoms with Gasteiger partial charge in [-0.15, -0.1) is 6.42 Å². The van der Waals surface area contributed by atoms with Crippen molar-refractivity contribution in [3.05, 3.63) is 62.4 Å². The van der Waals surface area contributed by atoms with Gasteiger partial charge >= 0.3 is 19.4 Å². The van der Waals surface area contributed by atoms with Gasteiger partial charge in [0.1, 0.15) is 24.0 Å². The Morgan fingerprint density at radius 2 is 1.92 bits per heavy atom. The van der Waals surface area contributed by atoms with Crippen molar-refractivity contribution < 1.29 is 38.1 Å². The highest BCUT2D eigenvalue weighted by Gasteiger charge is 2.44. The van der Waals surface area contributed by atoms with Crippen LogP contribution in [0.3, 0.4) is 0 Å². The zero-order chi connectivity index (χ0) is 29.4. The Morgan fingerprint density at radius 3 is 2.46 bits per heavy atom. The van der Waals surface area contributed by atoms with Crippen molar-refractivity contribution in [2.75, 3.05) is 13.7 Å². The summed E-state index contributed by atoms with van der Waals surface area (Å²) in [5.74, 6) is 1.24. The molecule has 0 aliphatic rings. The Labute approximate surface area is 229 Å². The number of rotatable bonds is 14. The lowest BCUT2D eigenvalue weighted by Gasteiger charge is -2.34. The number of aromatic amines is 1. The van der Waals surface area contributed by atoms with E-state index in [0.717, 1.165) is 19.4 Å². The number of benzene rings is 1. The Bertz CT molecular complexity index is 1320. The van der Waals surface area contributed by atoms with E-state index in [0.29, 0.717) is 16.0 Å². The van der Waals surface area contributed by atoms with Crippen LogP contribution in [0, 0.1) is 12.3 Å². The zero-order valence-electron chi connectivity index (χ0n) is 21.7. The molecule has 1 aromatic heterocycles. The summed E-state index contributed by atoms with van der Waals surface area (Å²) in [6.07, 6.45) is 2.91. The average Bonchev–Trinajstić information content (AvgIpc) is 2.89. The number of carbonyl (C=O) groups excluding carboxylic acids is 1. The summed E-state index contributed by atoms with van der Waals surface area (Å²) in [4.78, 5) is 38.0. The maximum Gasteiger partial charge on any atom is 0.459 e. The number of carbonyl (C=O) groups is 1. The average molecular weight is 588 g/mol. The molecular formula is C24H31ClN3O10P. The smallest absolute Gasteiger partial charge is 0.459 e. The maximum absolute atomic E-state index is 13.7. The first kappa shape index (κ1) is 32.3. The molecule has 2 rings (SSSR count). The number of nitrogens with one attached hydrogen (secondary N) is 2. The number of aromatic nitrogens is 2. The van der Waals surface area contributed by atoms with E-state index in [9.17, 15) is 29.2 Å². The fourth-order valence-electron chi connectivity index (χ4n) is 3.10. The number of ether oxygens (including phenoxy) is 2. The number of methoxy groups -OCH3 is 1. The molecule has 0 aliphatic heterocycles. The standard InChI is InChI=1S/C24H31ClN3O10P/c1-6-15(3)37-22(31)16(4)27-39(34,38-18-10-8-17(25)9-11-18)36-14-19(35-5)21(30)24(33,7-2)28-13-12-20(29)26-23(28)32/h2,8-13,15-16,19,21,30,33H,6,14H2,1,3-5H3,(H,27,34)(H,26,29,32)/t15-,16+,19-,21-,24-,39?/m1/s1. The van der Waals surface area contributed by atoms with E-state index in [1.165, 1.54) is 31.2 Å². The Morgan fingerprint density at radius 1 is 1.28 bits per heavy atom. The highest BCUT2D eigenvalue weighted by molar-refractivity contribution is 7.52. The van der Waals surface area contributed by atoms with Crippen LogP contribution in [-0.4, -0.2) is 63.8 Å². The van der Waals surface area contributed by atoms with E-state index >= 15 is 0 Å². The number of hydrogen-bond acceptors (Lipinski definition) is 10. The second kappa shape index (κ2) is 13.9. The topological polar surface area (TPSA) is 178 Å². The highest BCUT2D eigenvalue weighted by atomic mass is 35.5. The molecule has 0 fully saturated rings. The van der Waals surface area contributed by atoms with Crippen molar-refractivity contribution >= 4 is 25.3 Å². The quantitative estimate of drug-likeness (QED) is 0.142. The summed E-state index contributed by atoms with van der Waals surface area (Å²) >= 11 is 5.89. The second-order valence-electron chi connectivity index (χ2n) is 8.41. The molecule has 13 nitrogen and oxygen atoms in total. The Kier molecular flexibility index (Phi) is 11.5. The van der Waals surface area contributed by atoms with Crippen molar-refractivity contribution in [3.8, 4) is 18.1 Å². The number of terminal acetylenes is 1. The van der Waals surface area contributed by atoms with Crippen LogP contribution in [0.2, 0.25) is 5.02 Å². The molecule has 214 valence electrons. The first-order valence-electron chi connectivity index (χ1n) is 11.7. The van der Waals surface area contributed by atoms with E-state index < -0.39 is 61.7 Å². The molecule has 0 bridgehead atoms. The van der Waals surface area contributed by atoms with Crippen LogP contribution >= 0.6 is 19.3 Å². The van der Waals surface area contributed by atoms with Crippen molar-refractivity contribution in [1.29, 1.82) is 0 Å². The Hall–Kier alpha value is -2.95. The SMILES string of the molecule is C#C[C@@](O)([C@H](O)[C@@H](COP(=O)(N[C@@H](C)C(=O)O[C@H](C)CC)Oc1ccc(Cl)cc1)OC)n1ccc(=O)[nH]c1=O. The first-order valence-corrected chi connectivity index (χ1v) is 13.6. The third-order valence-electron chi connectivity index (χ3n) is 5.52. The molecule has 0 radical (unpaired) electrons. The van der Waals surface area contributed by atoms with Gasteiger partial charge in [-0.3, -0.25) is 23.7 Å². The van der Waals surface area contributed by atoms with Crippen LogP contribution in [0.5, 0.6) is 5.75 Å². The fraction of sp³-hybridized carbons (Fsp3) is 0.458. The van der Waals surface area contributed by atoms with Gasteiger partial charge in [0.2, 0.25) is 5.72 Å². The molecule has 2 aromatic rings. The van der Waals surface area contributed by atoms with Crippen LogP contribution in [-0.2, 0) is 29.1 Å². The minimum absolute atomic E-state index is 0.0622. The van der Waals surface area contributed by atoms with Crippen LogP contribution in [0.4, 0.5) is 0 Å². The molecule has 4 N–H and O–H groups in total. The van der Waals surface area contributed by atoms with Gasteiger partial charge in [0.05, 0.1) is 12.7 Å². The van der Waals surface area contributed by atoms with Gasteiger partial charge in [0.15, 0.2) is 0 Å². The highest BCUT2D eigenvalue weighted by Crippen LogP contribution is 2.45. The minimum Gasteiger partial charge on any atom is -0.462 e. The number of aliphatic hydroxyl groups excluding tert-OH is 1. The van der Waals surface area contributed by atoms with Gasteiger partial charge in [-0.05, 0) is 50.5 Å². The summed E-state index contributed by atoms with van der Waals surface area (Å²) in [6, 6.07) is 5.50. The molecule has 1 unspecified atom stereocenters. The van der Waals surface area contributed by atoms with Crippen LogP contribution in [0.25, 0.3) is 0 Å². The summed E-state index contributed by atoms with van der Waals surface area (Å²) in [7, 11) is -3.27. The van der Waals surface area contributed by atoms with Crippen LogP contribution < -0.4 is 20.9 Å². The van der Waals surface area contributed by atoms with E-state index in [-0.39, 0.29) is 5.75 Å². The number of hydrogen-bond donors (Lipinski definition) is 4. The van der Waals surface area contributed by atoms with Gasteiger partial charge in [-0.2, -0.15) is 5.09 Å². The van der Waals surface area contributed by atoms with Crippen molar-refractivity contribution in [1.82, 2.24) is 14.6 Å². The van der Waals surface area contributed by atoms with Crippen molar-refractivity contribution in [2.24, 2.45) is 0 Å². The number of H-pyrrole nitrogens is 1. The predicted molar refractivity (Wildman–Crippen MR) is 141 cm³/mol. The van der Waals surface area contributed by atoms with Gasteiger partial charge in [-0.1, -0.05) is 18.5 Å². The normalized spacial score (nSPS) is 17.5. The second-order valence-corrected chi connectivity index (χ2v) is 10.5. The van der Waals surface area contributed by atoms with Gasteiger partial charge in [-0.25, -0.2) is 9.36 Å². The molecule has 1 aromatic carbocycles. The van der Waals surface area contributed by atoms with Crippen molar-refractivity contribution in [3.63, 3.8) is 0 Å². The third-order valence-corrected chi connectivity index (χ3v) is 7.41. The summed E-state index contributed by atoms with van der Waals surface area (Å²) < 4.78 is 35.7. The van der Waals surface area contributed by atoms with E-state index in [2.05, 4.69) is 5.09 Å². The number of aliphatic hydroxyl groups is 2. The first-order chi connectivity index (χ1) is 18.3. The summed E-state index contributed by atoms with van der Waals surface area (Å²) in [5.41, 5.74) is -4.58. The molecule has 0 aliphatic carbocycles. The Balaban J connectivity index is 2.32. The van der Waals surface area contributed by atoms with Crippen LogP contribution in [0.15, 0.2) is 46.1 Å². The molecule has 0 saturated heterocycles.